The maximum absolute atomic E-state index is 13.0. The molecule has 1 aliphatic heterocycles. The summed E-state index contributed by atoms with van der Waals surface area (Å²) in [5, 5.41) is 12.1. The van der Waals surface area contributed by atoms with Gasteiger partial charge in [0.25, 0.3) is 11.8 Å². The summed E-state index contributed by atoms with van der Waals surface area (Å²) < 4.78 is 0. The smallest absolute Gasteiger partial charge is 0.279 e. The van der Waals surface area contributed by atoms with Gasteiger partial charge in [0.05, 0.1) is 6.04 Å². The first-order valence-corrected chi connectivity index (χ1v) is 10.1. The van der Waals surface area contributed by atoms with Crippen molar-refractivity contribution in [3.05, 3.63) is 12.3 Å². The van der Waals surface area contributed by atoms with Gasteiger partial charge in [0.1, 0.15) is 0 Å². The number of carbonyl (C=O) groups is 3. The number of rotatable bonds is 7. The van der Waals surface area contributed by atoms with Gasteiger partial charge in [-0.15, -0.1) is 12.4 Å². The number of imide groups is 3. The van der Waals surface area contributed by atoms with Crippen molar-refractivity contribution < 1.29 is 19.6 Å². The number of nitrogens with zero attached hydrogens (tertiary/aromatic N) is 3. The number of carbonyl (C=O) groups excluding carboxylic acids is 3. The Morgan fingerprint density at radius 1 is 1.28 bits per heavy atom. The van der Waals surface area contributed by atoms with Crippen molar-refractivity contribution in [2.45, 2.75) is 76.9 Å². The summed E-state index contributed by atoms with van der Waals surface area (Å²) in [7, 11) is 0. The highest BCUT2D eigenvalue weighted by Crippen LogP contribution is 2.28. The molecule has 1 saturated carbocycles. The molecule has 2 rings (SSSR count). The standard InChI is InChI=1S/C19H33N5O4.ClH/c1-3-22-13-12-19(21,24(22)28)18(27)23(17(26)14(2)20)16(25)11-7-10-15-8-5-4-6-9-15;/h12-15,28H,3-11,20-21H2,1-2H3;1H/t14?,19-;/m1./s1. The molecule has 10 heteroatoms. The Morgan fingerprint density at radius 2 is 1.90 bits per heavy atom. The van der Waals surface area contributed by atoms with Gasteiger partial charge in [-0.25, -0.2) is 4.90 Å². The van der Waals surface area contributed by atoms with Crippen LogP contribution in [0.3, 0.4) is 0 Å². The molecule has 5 N–H and O–H groups in total. The Bertz CT molecular complexity index is 624. The van der Waals surface area contributed by atoms with Crippen molar-refractivity contribution in [3.8, 4) is 0 Å². The molecule has 1 fully saturated rings. The Balaban J connectivity index is 0.00000420. The predicted molar refractivity (Wildman–Crippen MR) is 110 cm³/mol. The maximum atomic E-state index is 13.0. The van der Waals surface area contributed by atoms with Crippen LogP contribution in [0, 0.1) is 5.92 Å². The molecule has 0 bridgehead atoms. The van der Waals surface area contributed by atoms with E-state index in [0.717, 1.165) is 6.42 Å². The molecule has 9 nitrogen and oxygen atoms in total. The van der Waals surface area contributed by atoms with E-state index in [4.69, 9.17) is 11.5 Å². The topological polar surface area (TPSA) is 133 Å². The summed E-state index contributed by atoms with van der Waals surface area (Å²) in [4.78, 5) is 38.8. The number of nitrogens with two attached hydrogens (primary N) is 2. The van der Waals surface area contributed by atoms with Crippen LogP contribution < -0.4 is 11.5 Å². The molecule has 166 valence electrons. The molecule has 1 aliphatic carbocycles. The second-order valence-corrected chi connectivity index (χ2v) is 7.74. The lowest BCUT2D eigenvalue weighted by atomic mass is 9.86. The van der Waals surface area contributed by atoms with Crippen molar-refractivity contribution >= 4 is 30.1 Å². The van der Waals surface area contributed by atoms with E-state index in [9.17, 15) is 19.6 Å². The van der Waals surface area contributed by atoms with Crippen LogP contribution >= 0.6 is 12.4 Å². The van der Waals surface area contributed by atoms with E-state index in [1.807, 2.05) is 0 Å². The highest BCUT2D eigenvalue weighted by molar-refractivity contribution is 6.15. The van der Waals surface area contributed by atoms with Gasteiger partial charge >= 0.3 is 0 Å². The normalized spacial score (nSPS) is 23.6. The zero-order valence-corrected chi connectivity index (χ0v) is 18.1. The van der Waals surface area contributed by atoms with Gasteiger partial charge in [0.2, 0.25) is 11.6 Å². The quantitative estimate of drug-likeness (QED) is 0.552. The van der Waals surface area contributed by atoms with Crippen LogP contribution in [-0.4, -0.2) is 56.3 Å². The van der Waals surface area contributed by atoms with Crippen molar-refractivity contribution in [1.82, 2.24) is 15.1 Å². The van der Waals surface area contributed by atoms with Gasteiger partial charge in [0.15, 0.2) is 0 Å². The molecular weight excluding hydrogens is 398 g/mol. The molecule has 0 saturated heterocycles. The first-order chi connectivity index (χ1) is 13.2. The molecule has 1 heterocycles. The Labute approximate surface area is 178 Å². The number of hydrogen-bond donors (Lipinski definition) is 3. The van der Waals surface area contributed by atoms with Crippen LogP contribution in [0.15, 0.2) is 12.3 Å². The zero-order chi connectivity index (χ0) is 20.9. The summed E-state index contributed by atoms with van der Waals surface area (Å²) in [6.07, 6.45) is 10.3. The molecule has 29 heavy (non-hydrogen) atoms. The second kappa shape index (κ2) is 11.0. The fraction of sp³-hybridized carbons (Fsp3) is 0.737. The van der Waals surface area contributed by atoms with Crippen LogP contribution in [0.25, 0.3) is 0 Å². The summed E-state index contributed by atoms with van der Waals surface area (Å²) >= 11 is 0. The van der Waals surface area contributed by atoms with Gasteiger partial charge in [-0.3, -0.25) is 30.3 Å². The molecule has 0 spiro atoms. The summed E-state index contributed by atoms with van der Waals surface area (Å²) in [6, 6.07) is -1.05. The maximum Gasteiger partial charge on any atom is 0.279 e. The average Bonchev–Trinajstić information content (AvgIpc) is 2.98. The summed E-state index contributed by atoms with van der Waals surface area (Å²) in [5.41, 5.74) is 9.66. The minimum absolute atomic E-state index is 0. The van der Waals surface area contributed by atoms with E-state index in [-0.39, 0.29) is 18.8 Å². The minimum atomic E-state index is -2.03. The van der Waals surface area contributed by atoms with Gasteiger partial charge in [-0.05, 0) is 38.7 Å². The van der Waals surface area contributed by atoms with Crippen LogP contribution in [0.4, 0.5) is 0 Å². The van der Waals surface area contributed by atoms with Crippen molar-refractivity contribution in [3.63, 3.8) is 0 Å². The minimum Gasteiger partial charge on any atom is -0.320 e. The molecular formula is C19H34ClN5O4. The number of hydrazine groups is 1. The van der Waals surface area contributed by atoms with Gasteiger partial charge in [-0.2, -0.15) is 0 Å². The van der Waals surface area contributed by atoms with Crippen LogP contribution in [0.1, 0.15) is 65.2 Å². The molecule has 2 atom stereocenters. The second-order valence-electron chi connectivity index (χ2n) is 7.74. The van der Waals surface area contributed by atoms with Gasteiger partial charge in [0, 0.05) is 19.2 Å². The number of hydroxylamine groups is 1. The largest absolute Gasteiger partial charge is 0.320 e. The van der Waals surface area contributed by atoms with Crippen LogP contribution in [0.5, 0.6) is 0 Å². The predicted octanol–water partition coefficient (Wildman–Crippen LogP) is 1.50. The van der Waals surface area contributed by atoms with Crippen molar-refractivity contribution in [2.75, 3.05) is 6.54 Å². The van der Waals surface area contributed by atoms with E-state index >= 15 is 0 Å². The van der Waals surface area contributed by atoms with E-state index < -0.39 is 29.4 Å². The lowest BCUT2D eigenvalue weighted by Crippen LogP contribution is -2.66. The van der Waals surface area contributed by atoms with Crippen LogP contribution in [0.2, 0.25) is 0 Å². The van der Waals surface area contributed by atoms with Gasteiger partial charge < -0.3 is 5.73 Å². The summed E-state index contributed by atoms with van der Waals surface area (Å²) in [6.45, 7) is 3.52. The monoisotopic (exact) mass is 431 g/mol. The van der Waals surface area contributed by atoms with E-state index in [1.165, 1.54) is 56.3 Å². The van der Waals surface area contributed by atoms with Crippen LogP contribution in [-0.2, 0) is 14.4 Å². The number of amides is 3. The first-order valence-electron chi connectivity index (χ1n) is 10.1. The SMILES string of the molecule is CCN1C=C[C@](N)(C(=O)N(C(=O)CCCC2CCCCC2)C(=O)C(C)N)N1O.Cl. The highest BCUT2D eigenvalue weighted by atomic mass is 35.5. The third-order valence-corrected chi connectivity index (χ3v) is 5.53. The molecule has 0 aromatic rings. The molecule has 0 aromatic heterocycles. The Kier molecular flexibility index (Phi) is 9.70. The molecule has 0 radical (unpaired) electrons. The van der Waals surface area contributed by atoms with Gasteiger partial charge in [-0.1, -0.05) is 37.3 Å². The van der Waals surface area contributed by atoms with E-state index in [2.05, 4.69) is 0 Å². The lowest BCUT2D eigenvalue weighted by molar-refractivity contribution is -0.257. The Hall–Kier alpha value is -1.52. The van der Waals surface area contributed by atoms with Crippen molar-refractivity contribution in [1.29, 1.82) is 0 Å². The fourth-order valence-corrected chi connectivity index (χ4v) is 3.79. The third kappa shape index (κ3) is 5.76. The Morgan fingerprint density at radius 3 is 2.41 bits per heavy atom. The molecule has 2 aliphatic rings. The van der Waals surface area contributed by atoms with E-state index in [0.29, 0.717) is 29.0 Å². The molecule has 1 unspecified atom stereocenters. The third-order valence-electron chi connectivity index (χ3n) is 5.53. The lowest BCUT2D eigenvalue weighted by Gasteiger charge is -2.35. The van der Waals surface area contributed by atoms with Crippen molar-refractivity contribution in [2.24, 2.45) is 17.4 Å². The fourth-order valence-electron chi connectivity index (χ4n) is 3.79. The zero-order valence-electron chi connectivity index (χ0n) is 17.2. The number of halogens is 1. The summed E-state index contributed by atoms with van der Waals surface area (Å²) in [5.74, 6) is -1.87. The average molecular weight is 432 g/mol. The molecule has 0 aromatic carbocycles. The number of hydrogen-bond acceptors (Lipinski definition) is 8. The highest BCUT2D eigenvalue weighted by Gasteiger charge is 2.49. The molecule has 3 amide bonds. The van der Waals surface area contributed by atoms with E-state index in [1.54, 1.807) is 6.92 Å². The first kappa shape index (κ1) is 25.5.